The third-order valence-corrected chi connectivity index (χ3v) is 2.77. The number of nitrogens with zero attached hydrogens (tertiary/aromatic N) is 1. The summed E-state index contributed by atoms with van der Waals surface area (Å²) in [5.74, 6) is 0.991. The van der Waals surface area contributed by atoms with Crippen molar-refractivity contribution in [1.29, 1.82) is 0 Å². The molecule has 0 amide bonds. The van der Waals surface area contributed by atoms with Crippen LogP contribution in [0, 0.1) is 0 Å². The number of nitrogens with one attached hydrogen (secondary N) is 1. The van der Waals surface area contributed by atoms with E-state index in [0.717, 1.165) is 37.6 Å². The molecule has 0 radical (unpaired) electrons. The van der Waals surface area contributed by atoms with Gasteiger partial charge in [-0.1, -0.05) is 25.5 Å². The van der Waals surface area contributed by atoms with Crippen LogP contribution in [0.4, 0.5) is 5.69 Å². The number of unbranched alkanes of at least 4 members (excludes halogenated alkanes) is 1. The summed E-state index contributed by atoms with van der Waals surface area (Å²) in [5, 5.41) is 2.18. The average molecular weight is 220 g/mol. The Morgan fingerprint density at radius 3 is 3.00 bits per heavy atom. The van der Waals surface area contributed by atoms with Crippen molar-refractivity contribution in [3.63, 3.8) is 0 Å². The quantitative estimate of drug-likeness (QED) is 0.772. The van der Waals surface area contributed by atoms with E-state index >= 15 is 0 Å². The summed E-state index contributed by atoms with van der Waals surface area (Å²) in [5.41, 5.74) is 4.52. The number of hydrogen-bond donors (Lipinski definition) is 1. The molecule has 0 atom stereocenters. The predicted molar refractivity (Wildman–Crippen MR) is 66.8 cm³/mol. The van der Waals surface area contributed by atoms with Gasteiger partial charge in [0, 0.05) is 13.1 Å². The van der Waals surface area contributed by atoms with Crippen molar-refractivity contribution in [3.05, 3.63) is 24.3 Å². The largest absolute Gasteiger partial charge is 0.491 e. The summed E-state index contributed by atoms with van der Waals surface area (Å²) in [7, 11) is 0. The van der Waals surface area contributed by atoms with Gasteiger partial charge in [0.25, 0.3) is 0 Å². The molecule has 1 aromatic carbocycles. The van der Waals surface area contributed by atoms with Crippen LogP contribution in [0.5, 0.6) is 5.75 Å². The van der Waals surface area contributed by atoms with Gasteiger partial charge in [-0.3, -0.25) is 0 Å². The molecule has 1 N–H and O–H groups in total. The smallest absolute Gasteiger partial charge is 0.143 e. The molecule has 0 aliphatic carbocycles. The molecule has 1 aliphatic rings. The lowest BCUT2D eigenvalue weighted by Gasteiger charge is -2.21. The molecular weight excluding hydrogens is 200 g/mol. The summed E-state index contributed by atoms with van der Waals surface area (Å²) >= 11 is 0. The van der Waals surface area contributed by atoms with E-state index in [9.17, 15) is 0 Å². The minimum absolute atomic E-state index is 0.807. The summed E-state index contributed by atoms with van der Waals surface area (Å²) in [6, 6.07) is 8.24. The first-order valence-corrected chi connectivity index (χ1v) is 6.14. The topological polar surface area (TPSA) is 24.5 Å². The summed E-state index contributed by atoms with van der Waals surface area (Å²) in [6.45, 7) is 5.11. The first-order valence-electron chi connectivity index (χ1n) is 6.14. The van der Waals surface area contributed by atoms with Crippen molar-refractivity contribution < 1.29 is 4.74 Å². The number of rotatable bonds is 5. The molecule has 0 saturated carbocycles. The van der Waals surface area contributed by atoms with E-state index in [0.29, 0.717) is 0 Å². The maximum absolute atomic E-state index is 5.81. The molecule has 0 bridgehead atoms. The van der Waals surface area contributed by atoms with Crippen LogP contribution in [0.3, 0.4) is 0 Å². The van der Waals surface area contributed by atoms with Crippen molar-refractivity contribution >= 4 is 5.69 Å². The average Bonchev–Trinajstić information content (AvgIpc) is 2.83. The molecule has 1 saturated heterocycles. The van der Waals surface area contributed by atoms with Crippen LogP contribution in [0.2, 0.25) is 0 Å². The SMILES string of the molecule is CCCCOc1ccccc1N1CCCN1. The zero-order valence-corrected chi connectivity index (χ0v) is 9.91. The van der Waals surface area contributed by atoms with Gasteiger partial charge < -0.3 is 9.75 Å². The number of hydrazine groups is 1. The molecular formula is C13H20N2O. The Morgan fingerprint density at radius 1 is 1.38 bits per heavy atom. The van der Waals surface area contributed by atoms with E-state index in [1.54, 1.807) is 0 Å². The molecule has 3 nitrogen and oxygen atoms in total. The first-order chi connectivity index (χ1) is 7.92. The lowest BCUT2D eigenvalue weighted by Crippen LogP contribution is -2.30. The molecule has 0 spiro atoms. The van der Waals surface area contributed by atoms with E-state index in [1.807, 2.05) is 12.1 Å². The van der Waals surface area contributed by atoms with Gasteiger partial charge in [-0.2, -0.15) is 0 Å². The second-order valence-corrected chi connectivity index (χ2v) is 4.08. The van der Waals surface area contributed by atoms with Gasteiger partial charge in [-0.15, -0.1) is 0 Å². The Bertz CT molecular complexity index is 321. The molecule has 16 heavy (non-hydrogen) atoms. The van der Waals surface area contributed by atoms with Crippen molar-refractivity contribution in [2.75, 3.05) is 24.7 Å². The van der Waals surface area contributed by atoms with Gasteiger partial charge in [-0.25, -0.2) is 5.43 Å². The van der Waals surface area contributed by atoms with E-state index in [1.165, 1.54) is 12.8 Å². The standard InChI is InChI=1S/C13H20N2O/c1-2-3-11-16-13-8-5-4-7-12(13)15-10-6-9-14-15/h4-5,7-8,14H,2-3,6,9-11H2,1H3. The fraction of sp³-hybridized carbons (Fsp3) is 0.538. The summed E-state index contributed by atoms with van der Waals surface area (Å²) < 4.78 is 5.81. The lowest BCUT2D eigenvalue weighted by molar-refractivity contribution is 0.309. The van der Waals surface area contributed by atoms with Crippen molar-refractivity contribution in [3.8, 4) is 5.75 Å². The number of anilines is 1. The molecule has 1 aromatic rings. The van der Waals surface area contributed by atoms with Gasteiger partial charge in [0.1, 0.15) is 5.75 Å². The Labute approximate surface area is 97.4 Å². The molecule has 3 heteroatoms. The number of ether oxygens (including phenoxy) is 1. The highest BCUT2D eigenvalue weighted by molar-refractivity contribution is 5.58. The number of benzene rings is 1. The molecule has 1 fully saturated rings. The van der Waals surface area contributed by atoms with Crippen LogP contribution in [-0.2, 0) is 0 Å². The van der Waals surface area contributed by atoms with Gasteiger partial charge >= 0.3 is 0 Å². The highest BCUT2D eigenvalue weighted by atomic mass is 16.5. The highest BCUT2D eigenvalue weighted by Gasteiger charge is 2.15. The maximum atomic E-state index is 5.81. The summed E-state index contributed by atoms with van der Waals surface area (Å²) in [4.78, 5) is 0. The van der Waals surface area contributed by atoms with Gasteiger partial charge in [0.05, 0.1) is 12.3 Å². The minimum atomic E-state index is 0.807. The van der Waals surface area contributed by atoms with E-state index < -0.39 is 0 Å². The Kier molecular flexibility index (Phi) is 4.05. The van der Waals surface area contributed by atoms with Crippen molar-refractivity contribution in [1.82, 2.24) is 5.43 Å². The molecule has 88 valence electrons. The van der Waals surface area contributed by atoms with Crippen molar-refractivity contribution in [2.24, 2.45) is 0 Å². The van der Waals surface area contributed by atoms with Gasteiger partial charge in [0.15, 0.2) is 0 Å². The summed E-state index contributed by atoms with van der Waals surface area (Å²) in [6.07, 6.45) is 3.48. The second kappa shape index (κ2) is 5.75. The number of para-hydroxylation sites is 2. The molecule has 1 aliphatic heterocycles. The first kappa shape index (κ1) is 11.3. The zero-order valence-electron chi connectivity index (χ0n) is 9.91. The van der Waals surface area contributed by atoms with E-state index in [4.69, 9.17) is 4.74 Å². The zero-order chi connectivity index (χ0) is 11.2. The van der Waals surface area contributed by atoms with Crippen LogP contribution in [0.15, 0.2) is 24.3 Å². The van der Waals surface area contributed by atoms with E-state index in [2.05, 4.69) is 29.5 Å². The predicted octanol–water partition coefficient (Wildman–Crippen LogP) is 2.58. The Morgan fingerprint density at radius 2 is 2.25 bits per heavy atom. The molecule has 0 unspecified atom stereocenters. The number of hydrogen-bond acceptors (Lipinski definition) is 3. The van der Waals surface area contributed by atoms with Gasteiger partial charge in [-0.05, 0) is 25.0 Å². The normalized spacial score (nSPS) is 15.4. The fourth-order valence-electron chi connectivity index (χ4n) is 1.86. The van der Waals surface area contributed by atoms with E-state index in [-0.39, 0.29) is 0 Å². The second-order valence-electron chi connectivity index (χ2n) is 4.08. The third-order valence-electron chi connectivity index (χ3n) is 2.77. The third kappa shape index (κ3) is 2.67. The minimum Gasteiger partial charge on any atom is -0.491 e. The van der Waals surface area contributed by atoms with Gasteiger partial charge in [0.2, 0.25) is 0 Å². The molecule has 2 rings (SSSR count). The maximum Gasteiger partial charge on any atom is 0.143 e. The molecule has 1 heterocycles. The van der Waals surface area contributed by atoms with Crippen LogP contribution in [0.1, 0.15) is 26.2 Å². The Hall–Kier alpha value is -1.22. The monoisotopic (exact) mass is 220 g/mol. The highest BCUT2D eigenvalue weighted by Crippen LogP contribution is 2.28. The van der Waals surface area contributed by atoms with Crippen LogP contribution in [0.25, 0.3) is 0 Å². The van der Waals surface area contributed by atoms with Crippen LogP contribution in [-0.4, -0.2) is 19.7 Å². The van der Waals surface area contributed by atoms with Crippen LogP contribution >= 0.6 is 0 Å². The van der Waals surface area contributed by atoms with Crippen LogP contribution < -0.4 is 15.2 Å². The Balaban J connectivity index is 2.04. The van der Waals surface area contributed by atoms with Crippen molar-refractivity contribution in [2.45, 2.75) is 26.2 Å². The lowest BCUT2D eigenvalue weighted by atomic mass is 10.3. The fourth-order valence-corrected chi connectivity index (χ4v) is 1.86. The molecule has 0 aromatic heterocycles.